The van der Waals surface area contributed by atoms with Gasteiger partial charge < -0.3 is 14.8 Å². The number of sulfonamides is 1. The Morgan fingerprint density at radius 2 is 1.56 bits per heavy atom. The highest BCUT2D eigenvalue weighted by atomic mass is 32.2. The Kier molecular flexibility index (Phi) is 6.95. The van der Waals surface area contributed by atoms with Gasteiger partial charge in [0.1, 0.15) is 11.6 Å². The molecule has 0 aliphatic heterocycles. The third-order valence-corrected chi connectivity index (χ3v) is 6.34. The fraction of sp³-hybridized carbons (Fsp3) is 0.200. The van der Waals surface area contributed by atoms with Gasteiger partial charge in [-0.2, -0.15) is 0 Å². The number of rotatable bonds is 9. The molecule has 0 spiro atoms. The van der Waals surface area contributed by atoms with Gasteiger partial charge in [-0.05, 0) is 35.7 Å². The van der Waals surface area contributed by atoms with Crippen LogP contribution in [-0.4, -0.2) is 39.2 Å². The van der Waals surface area contributed by atoms with Crippen molar-refractivity contribution in [2.45, 2.75) is 17.7 Å². The van der Waals surface area contributed by atoms with Crippen LogP contribution < -0.4 is 19.9 Å². The van der Waals surface area contributed by atoms with Crippen LogP contribution in [0.4, 0.5) is 5.82 Å². The average Bonchev–Trinajstić information content (AvgIpc) is 2.83. The Balaban J connectivity index is 1.62. The second kappa shape index (κ2) is 10.1. The topological polar surface area (TPSA) is 116 Å². The highest BCUT2D eigenvalue weighted by molar-refractivity contribution is 7.89. The maximum absolute atomic E-state index is 11.5. The number of nitrogens with zero attached hydrogens (tertiary/aromatic N) is 2. The van der Waals surface area contributed by atoms with E-state index in [2.05, 4.69) is 5.32 Å². The number of ether oxygens (including phenoxy) is 2. The molecule has 0 saturated carbocycles. The van der Waals surface area contributed by atoms with Gasteiger partial charge in [-0.25, -0.2) is 23.5 Å². The number of nitrogens with one attached hydrogen (secondary N) is 1. The van der Waals surface area contributed by atoms with E-state index in [1.165, 1.54) is 12.1 Å². The minimum atomic E-state index is -3.71. The number of benzene rings is 3. The molecule has 8 nitrogen and oxygen atoms in total. The van der Waals surface area contributed by atoms with Crippen molar-refractivity contribution in [2.24, 2.45) is 5.14 Å². The SMILES string of the molecule is COc1cc2nc(Cc3ccccc3)nc(NCCc3ccc(S(N)(=O)=O)cc3)c2cc1OC. The van der Waals surface area contributed by atoms with Crippen LogP contribution in [0.15, 0.2) is 71.6 Å². The van der Waals surface area contributed by atoms with Gasteiger partial charge in [-0.3, -0.25) is 0 Å². The molecule has 176 valence electrons. The number of hydrogen-bond acceptors (Lipinski definition) is 7. The van der Waals surface area contributed by atoms with Crippen LogP contribution in [0.5, 0.6) is 11.5 Å². The van der Waals surface area contributed by atoms with Gasteiger partial charge in [0.2, 0.25) is 10.0 Å². The third-order valence-electron chi connectivity index (χ3n) is 5.41. The molecule has 4 rings (SSSR count). The van der Waals surface area contributed by atoms with Crippen molar-refractivity contribution in [1.29, 1.82) is 0 Å². The van der Waals surface area contributed by atoms with Crippen LogP contribution in [-0.2, 0) is 22.9 Å². The van der Waals surface area contributed by atoms with Gasteiger partial charge in [0, 0.05) is 24.4 Å². The van der Waals surface area contributed by atoms with E-state index in [-0.39, 0.29) is 4.90 Å². The summed E-state index contributed by atoms with van der Waals surface area (Å²) >= 11 is 0. The largest absolute Gasteiger partial charge is 0.493 e. The number of hydrogen-bond donors (Lipinski definition) is 2. The molecular formula is C25H26N4O4S. The molecule has 0 amide bonds. The zero-order valence-electron chi connectivity index (χ0n) is 19.0. The van der Waals surface area contributed by atoms with E-state index < -0.39 is 10.0 Å². The van der Waals surface area contributed by atoms with E-state index >= 15 is 0 Å². The first-order valence-electron chi connectivity index (χ1n) is 10.7. The number of anilines is 1. The Morgan fingerprint density at radius 1 is 0.882 bits per heavy atom. The van der Waals surface area contributed by atoms with Crippen molar-refractivity contribution in [2.75, 3.05) is 26.1 Å². The Hall–Kier alpha value is -3.69. The van der Waals surface area contributed by atoms with E-state index in [1.54, 1.807) is 26.4 Å². The van der Waals surface area contributed by atoms with E-state index in [0.717, 1.165) is 22.0 Å². The smallest absolute Gasteiger partial charge is 0.238 e. The third kappa shape index (κ3) is 5.44. The van der Waals surface area contributed by atoms with Crippen LogP contribution in [0, 0.1) is 0 Å². The van der Waals surface area contributed by atoms with Crippen molar-refractivity contribution in [3.63, 3.8) is 0 Å². The summed E-state index contributed by atoms with van der Waals surface area (Å²) in [6.07, 6.45) is 1.26. The summed E-state index contributed by atoms with van der Waals surface area (Å²) in [4.78, 5) is 9.64. The number of fused-ring (bicyclic) bond motifs is 1. The lowest BCUT2D eigenvalue weighted by Gasteiger charge is -2.14. The fourth-order valence-electron chi connectivity index (χ4n) is 3.67. The average molecular weight is 479 g/mol. The predicted molar refractivity (Wildman–Crippen MR) is 132 cm³/mol. The maximum Gasteiger partial charge on any atom is 0.238 e. The van der Waals surface area contributed by atoms with Crippen molar-refractivity contribution in [3.05, 3.63) is 83.7 Å². The molecule has 0 fully saturated rings. The Morgan fingerprint density at radius 3 is 2.21 bits per heavy atom. The molecule has 0 unspecified atom stereocenters. The van der Waals surface area contributed by atoms with Gasteiger partial charge in [0.25, 0.3) is 0 Å². The predicted octanol–water partition coefficient (Wildman–Crippen LogP) is 3.54. The Bertz CT molecular complexity index is 1390. The summed E-state index contributed by atoms with van der Waals surface area (Å²) in [5.41, 5.74) is 2.84. The lowest BCUT2D eigenvalue weighted by molar-refractivity contribution is 0.356. The molecule has 0 radical (unpaired) electrons. The molecule has 0 bridgehead atoms. The van der Waals surface area contributed by atoms with Gasteiger partial charge in [0.05, 0.1) is 24.6 Å². The molecule has 1 heterocycles. The molecule has 34 heavy (non-hydrogen) atoms. The summed E-state index contributed by atoms with van der Waals surface area (Å²) < 4.78 is 33.8. The van der Waals surface area contributed by atoms with Crippen LogP contribution in [0.2, 0.25) is 0 Å². The van der Waals surface area contributed by atoms with Gasteiger partial charge in [-0.1, -0.05) is 42.5 Å². The maximum atomic E-state index is 11.5. The van der Waals surface area contributed by atoms with Crippen LogP contribution in [0.1, 0.15) is 17.0 Å². The summed E-state index contributed by atoms with van der Waals surface area (Å²) in [6.45, 7) is 0.583. The van der Waals surface area contributed by atoms with Crippen LogP contribution in [0.3, 0.4) is 0 Å². The molecule has 0 aliphatic rings. The number of nitrogens with two attached hydrogens (primary N) is 1. The standard InChI is InChI=1S/C25H26N4O4S/c1-32-22-15-20-21(16-23(22)33-2)28-24(14-18-6-4-3-5-7-18)29-25(20)27-13-12-17-8-10-19(11-9-17)34(26,30)31/h3-11,15-16H,12-14H2,1-2H3,(H2,26,30,31)(H,27,28,29). The van der Waals surface area contributed by atoms with E-state index in [0.29, 0.717) is 42.5 Å². The van der Waals surface area contributed by atoms with Gasteiger partial charge in [-0.15, -0.1) is 0 Å². The molecule has 9 heteroatoms. The first-order valence-corrected chi connectivity index (χ1v) is 12.2. The van der Waals surface area contributed by atoms with Crippen LogP contribution >= 0.6 is 0 Å². The molecule has 4 aromatic rings. The normalized spacial score (nSPS) is 11.4. The molecule has 0 saturated heterocycles. The zero-order chi connectivity index (χ0) is 24.1. The van der Waals surface area contributed by atoms with Gasteiger partial charge >= 0.3 is 0 Å². The molecule has 0 atom stereocenters. The second-order valence-corrected chi connectivity index (χ2v) is 9.30. The van der Waals surface area contributed by atoms with Crippen molar-refractivity contribution in [3.8, 4) is 11.5 Å². The molecule has 1 aromatic heterocycles. The zero-order valence-corrected chi connectivity index (χ0v) is 19.8. The number of aromatic nitrogens is 2. The monoisotopic (exact) mass is 478 g/mol. The highest BCUT2D eigenvalue weighted by Crippen LogP contribution is 2.34. The second-order valence-electron chi connectivity index (χ2n) is 7.74. The van der Waals surface area contributed by atoms with E-state index in [1.807, 2.05) is 42.5 Å². The first-order chi connectivity index (χ1) is 16.4. The Labute approximate surface area is 198 Å². The minimum Gasteiger partial charge on any atom is -0.493 e. The lowest BCUT2D eigenvalue weighted by Crippen LogP contribution is -2.12. The van der Waals surface area contributed by atoms with Crippen molar-refractivity contribution < 1.29 is 17.9 Å². The number of methoxy groups -OCH3 is 2. The molecule has 0 aliphatic carbocycles. The fourth-order valence-corrected chi connectivity index (χ4v) is 4.18. The minimum absolute atomic E-state index is 0.0950. The van der Waals surface area contributed by atoms with Crippen molar-refractivity contribution >= 4 is 26.7 Å². The summed E-state index contributed by atoms with van der Waals surface area (Å²) in [7, 11) is -0.522. The summed E-state index contributed by atoms with van der Waals surface area (Å²) in [6, 6.07) is 20.3. The van der Waals surface area contributed by atoms with Gasteiger partial charge in [0.15, 0.2) is 11.5 Å². The summed E-state index contributed by atoms with van der Waals surface area (Å²) in [5.74, 6) is 2.57. The molecule has 3 aromatic carbocycles. The molecular weight excluding hydrogens is 452 g/mol. The highest BCUT2D eigenvalue weighted by Gasteiger charge is 2.14. The summed E-state index contributed by atoms with van der Waals surface area (Å²) in [5, 5.41) is 9.40. The van der Waals surface area contributed by atoms with E-state index in [9.17, 15) is 8.42 Å². The lowest BCUT2D eigenvalue weighted by atomic mass is 10.1. The van der Waals surface area contributed by atoms with Crippen LogP contribution in [0.25, 0.3) is 10.9 Å². The first kappa shape index (κ1) is 23.5. The number of primary sulfonamides is 1. The van der Waals surface area contributed by atoms with E-state index in [4.69, 9.17) is 24.6 Å². The van der Waals surface area contributed by atoms with Crippen molar-refractivity contribution in [1.82, 2.24) is 9.97 Å². The quantitative estimate of drug-likeness (QED) is 0.378. The molecule has 3 N–H and O–H groups in total.